The molecule has 0 aromatic carbocycles. The average molecular weight is 261 g/mol. The summed E-state index contributed by atoms with van der Waals surface area (Å²) in [6.07, 6.45) is 3.54. The second kappa shape index (κ2) is 3.66. The Bertz CT molecular complexity index is 574. The van der Waals surface area contributed by atoms with E-state index in [2.05, 4.69) is 5.48 Å². The highest BCUT2D eigenvalue weighted by Crippen LogP contribution is 2.64. The van der Waals surface area contributed by atoms with Crippen molar-refractivity contribution in [2.24, 2.45) is 5.41 Å². The number of allylic oxidation sites excluding steroid dienone is 2. The lowest BCUT2D eigenvalue weighted by Crippen LogP contribution is -2.49. The topological polar surface area (TPSA) is 69.6 Å². The summed E-state index contributed by atoms with van der Waals surface area (Å²) in [5.74, 6) is -0.183. The van der Waals surface area contributed by atoms with Crippen LogP contribution in [0.5, 0.6) is 0 Å². The largest absolute Gasteiger partial charge is 0.381 e. The Morgan fingerprint density at radius 2 is 2.00 bits per heavy atom. The summed E-state index contributed by atoms with van der Waals surface area (Å²) < 4.78 is 0. The Balaban J connectivity index is 2.21. The van der Waals surface area contributed by atoms with Gasteiger partial charge in [0, 0.05) is 17.5 Å². The standard InChI is InChI=1S/C15H19NO3/c1-8-6-10-12(11(8)7-16-19)9(2)15(4-5-15)14(3,18)13(10)17/h6,16,18-19H,4-5,7H2,1-3H3/t14-/m0/s1. The summed E-state index contributed by atoms with van der Waals surface area (Å²) in [5.41, 5.74) is 5.06. The number of aliphatic hydroxyl groups is 1. The predicted octanol–water partition coefficient (Wildman–Crippen LogP) is 1.65. The van der Waals surface area contributed by atoms with E-state index in [-0.39, 0.29) is 11.2 Å². The second-order valence-electron chi connectivity index (χ2n) is 6.04. The quantitative estimate of drug-likeness (QED) is 0.661. The van der Waals surface area contributed by atoms with Gasteiger partial charge in [0.05, 0.1) is 0 Å². The lowest BCUT2D eigenvalue weighted by molar-refractivity contribution is -0.137. The van der Waals surface area contributed by atoms with Gasteiger partial charge in [-0.25, -0.2) is 5.48 Å². The molecule has 4 nitrogen and oxygen atoms in total. The Hall–Kier alpha value is -1.23. The molecule has 0 aliphatic heterocycles. The smallest absolute Gasteiger partial charge is 0.195 e. The second-order valence-corrected chi connectivity index (χ2v) is 6.04. The van der Waals surface area contributed by atoms with E-state index in [4.69, 9.17) is 5.21 Å². The van der Waals surface area contributed by atoms with E-state index in [1.54, 1.807) is 6.92 Å². The van der Waals surface area contributed by atoms with Gasteiger partial charge in [-0.2, -0.15) is 0 Å². The minimum absolute atomic E-state index is 0.183. The van der Waals surface area contributed by atoms with Crippen LogP contribution >= 0.6 is 0 Å². The molecule has 0 radical (unpaired) electrons. The summed E-state index contributed by atoms with van der Waals surface area (Å²) in [7, 11) is 0. The third-order valence-electron chi connectivity index (χ3n) is 5.13. The molecule has 3 rings (SSSR count). The number of rotatable bonds is 2. The number of carbonyl (C=O) groups excluding carboxylic acids is 1. The van der Waals surface area contributed by atoms with Gasteiger partial charge in [0.15, 0.2) is 5.78 Å². The third-order valence-corrected chi connectivity index (χ3v) is 5.13. The molecule has 1 saturated carbocycles. The molecule has 0 unspecified atom stereocenters. The molecule has 1 atom stereocenters. The molecule has 0 bridgehead atoms. The normalized spacial score (nSPS) is 32.1. The van der Waals surface area contributed by atoms with Crippen molar-refractivity contribution in [3.63, 3.8) is 0 Å². The van der Waals surface area contributed by atoms with Crippen LogP contribution in [0.1, 0.15) is 33.6 Å². The van der Waals surface area contributed by atoms with Gasteiger partial charge in [0.1, 0.15) is 5.60 Å². The monoisotopic (exact) mass is 261 g/mol. The summed E-state index contributed by atoms with van der Waals surface area (Å²) in [6, 6.07) is 0. The third kappa shape index (κ3) is 1.37. The van der Waals surface area contributed by atoms with Gasteiger partial charge in [0.25, 0.3) is 0 Å². The van der Waals surface area contributed by atoms with Crippen LogP contribution < -0.4 is 5.48 Å². The van der Waals surface area contributed by atoms with Crippen molar-refractivity contribution in [2.45, 2.75) is 39.2 Å². The van der Waals surface area contributed by atoms with Crippen LogP contribution in [-0.4, -0.2) is 28.2 Å². The maximum absolute atomic E-state index is 12.6. The number of carbonyl (C=O) groups is 1. The highest BCUT2D eigenvalue weighted by molar-refractivity contribution is 6.10. The fourth-order valence-corrected chi connectivity index (χ4v) is 3.72. The molecular weight excluding hydrogens is 242 g/mol. The number of Topliss-reactive ketones (excluding diaryl/α,β-unsaturated/α-hetero) is 1. The van der Waals surface area contributed by atoms with Crippen LogP contribution in [0.2, 0.25) is 0 Å². The fourth-order valence-electron chi connectivity index (χ4n) is 3.72. The maximum Gasteiger partial charge on any atom is 0.195 e. The zero-order valence-corrected chi connectivity index (χ0v) is 11.5. The first kappa shape index (κ1) is 12.8. The summed E-state index contributed by atoms with van der Waals surface area (Å²) in [5, 5.41) is 19.6. The van der Waals surface area contributed by atoms with Gasteiger partial charge in [-0.1, -0.05) is 5.57 Å². The maximum atomic E-state index is 12.6. The number of hydrogen-bond acceptors (Lipinski definition) is 4. The molecular formula is C15H19NO3. The van der Waals surface area contributed by atoms with Crippen molar-refractivity contribution in [3.8, 4) is 0 Å². The van der Waals surface area contributed by atoms with Crippen molar-refractivity contribution in [1.29, 1.82) is 0 Å². The lowest BCUT2D eigenvalue weighted by atomic mass is 9.67. The first-order valence-corrected chi connectivity index (χ1v) is 6.64. The van der Waals surface area contributed by atoms with Gasteiger partial charge in [-0.15, -0.1) is 0 Å². The van der Waals surface area contributed by atoms with E-state index in [1.807, 2.05) is 19.9 Å². The molecule has 0 amide bonds. The fraction of sp³-hybridized carbons (Fsp3) is 0.533. The van der Waals surface area contributed by atoms with Gasteiger partial charge in [-0.3, -0.25) is 4.79 Å². The van der Waals surface area contributed by atoms with Crippen LogP contribution in [0.25, 0.3) is 0 Å². The molecule has 0 aromatic heterocycles. The minimum atomic E-state index is -1.30. The van der Waals surface area contributed by atoms with Crippen LogP contribution in [0.3, 0.4) is 0 Å². The Labute approximate surface area is 112 Å². The van der Waals surface area contributed by atoms with Gasteiger partial charge in [0.2, 0.25) is 0 Å². The molecule has 0 saturated heterocycles. The molecule has 1 spiro atoms. The van der Waals surface area contributed by atoms with Crippen LogP contribution in [0.15, 0.2) is 33.9 Å². The highest BCUT2D eigenvalue weighted by atomic mass is 16.5. The van der Waals surface area contributed by atoms with E-state index in [9.17, 15) is 9.90 Å². The zero-order valence-electron chi connectivity index (χ0n) is 11.5. The SMILES string of the molecule is CC1=C(CNO)C2=C(C)C3(CC3)[C@@](C)(O)C(=O)C2=C1. The number of nitrogens with one attached hydrogen (secondary N) is 1. The number of fused-ring (bicyclic) bond motifs is 1. The van der Waals surface area contributed by atoms with Crippen molar-refractivity contribution in [3.05, 3.63) is 33.9 Å². The molecule has 19 heavy (non-hydrogen) atoms. The Kier molecular flexibility index (Phi) is 2.46. The summed E-state index contributed by atoms with van der Waals surface area (Å²) in [6.45, 7) is 5.90. The Morgan fingerprint density at radius 1 is 1.37 bits per heavy atom. The van der Waals surface area contributed by atoms with Crippen molar-refractivity contribution < 1.29 is 15.1 Å². The van der Waals surface area contributed by atoms with E-state index in [0.29, 0.717) is 12.1 Å². The Morgan fingerprint density at radius 3 is 2.53 bits per heavy atom. The lowest BCUT2D eigenvalue weighted by Gasteiger charge is -2.39. The molecule has 102 valence electrons. The van der Waals surface area contributed by atoms with Gasteiger partial charge in [-0.05, 0) is 56.4 Å². The molecule has 0 heterocycles. The van der Waals surface area contributed by atoms with Crippen LogP contribution in [0.4, 0.5) is 0 Å². The summed E-state index contributed by atoms with van der Waals surface area (Å²) >= 11 is 0. The molecule has 3 N–H and O–H groups in total. The molecule has 1 fully saturated rings. The van der Waals surface area contributed by atoms with Crippen LogP contribution in [0, 0.1) is 5.41 Å². The van der Waals surface area contributed by atoms with Gasteiger partial charge >= 0.3 is 0 Å². The van der Waals surface area contributed by atoms with E-state index in [0.717, 1.165) is 35.1 Å². The van der Waals surface area contributed by atoms with Crippen molar-refractivity contribution in [1.82, 2.24) is 5.48 Å². The van der Waals surface area contributed by atoms with Crippen molar-refractivity contribution >= 4 is 5.78 Å². The van der Waals surface area contributed by atoms with E-state index in [1.165, 1.54) is 0 Å². The molecule has 4 heteroatoms. The van der Waals surface area contributed by atoms with Gasteiger partial charge < -0.3 is 10.3 Å². The number of ketones is 1. The number of hydroxylamine groups is 1. The van der Waals surface area contributed by atoms with Crippen LogP contribution in [-0.2, 0) is 4.79 Å². The first-order valence-electron chi connectivity index (χ1n) is 6.64. The minimum Gasteiger partial charge on any atom is -0.381 e. The molecule has 3 aliphatic rings. The van der Waals surface area contributed by atoms with Crippen molar-refractivity contribution in [2.75, 3.05) is 6.54 Å². The molecule has 0 aromatic rings. The zero-order chi connectivity index (χ0) is 14.0. The highest BCUT2D eigenvalue weighted by Gasteiger charge is 2.64. The molecule has 3 aliphatic carbocycles. The van der Waals surface area contributed by atoms with E-state index < -0.39 is 5.60 Å². The summed E-state index contributed by atoms with van der Waals surface area (Å²) in [4.78, 5) is 12.6. The number of hydrogen-bond donors (Lipinski definition) is 3. The first-order chi connectivity index (χ1) is 8.87. The predicted molar refractivity (Wildman–Crippen MR) is 70.6 cm³/mol. The average Bonchev–Trinajstić information content (AvgIpc) is 3.10. The van der Waals surface area contributed by atoms with E-state index >= 15 is 0 Å².